The van der Waals surface area contributed by atoms with Crippen LogP contribution in [0.1, 0.15) is 46.5 Å². The molecular formula is C15H30N2. The highest BCUT2D eigenvalue weighted by Crippen LogP contribution is 2.48. The molecule has 0 spiro atoms. The van der Waals surface area contributed by atoms with Gasteiger partial charge in [-0.25, -0.2) is 0 Å². The van der Waals surface area contributed by atoms with Crippen LogP contribution in [0.3, 0.4) is 0 Å². The molecule has 0 aromatic rings. The fraction of sp³-hybridized carbons (Fsp3) is 1.00. The fourth-order valence-corrected chi connectivity index (χ4v) is 4.29. The first-order chi connectivity index (χ1) is 7.91. The normalized spacial score (nSPS) is 34.6. The van der Waals surface area contributed by atoms with Crippen LogP contribution in [0, 0.1) is 23.2 Å². The Morgan fingerprint density at radius 2 is 1.94 bits per heavy atom. The predicted octanol–water partition coefficient (Wildman–Crippen LogP) is 2.73. The smallest absolute Gasteiger partial charge is 0.0263 e. The molecule has 100 valence electrons. The molecule has 0 radical (unpaired) electrons. The summed E-state index contributed by atoms with van der Waals surface area (Å²) < 4.78 is 0. The van der Waals surface area contributed by atoms with Crippen molar-refractivity contribution in [1.82, 2.24) is 4.90 Å². The van der Waals surface area contributed by atoms with Crippen LogP contribution in [0.5, 0.6) is 0 Å². The lowest BCUT2D eigenvalue weighted by molar-refractivity contribution is 0.101. The summed E-state index contributed by atoms with van der Waals surface area (Å²) in [7, 11) is 2.27. The number of rotatable bonds is 4. The second-order valence-corrected chi connectivity index (χ2v) is 7.49. The van der Waals surface area contributed by atoms with Crippen molar-refractivity contribution in [3.05, 3.63) is 0 Å². The Morgan fingerprint density at radius 1 is 1.24 bits per heavy atom. The lowest BCUT2D eigenvalue weighted by Crippen LogP contribution is -2.48. The molecule has 2 bridgehead atoms. The maximum Gasteiger partial charge on any atom is 0.0263 e. The van der Waals surface area contributed by atoms with Crippen LogP contribution in [0.4, 0.5) is 0 Å². The van der Waals surface area contributed by atoms with Crippen molar-refractivity contribution in [3.63, 3.8) is 0 Å². The van der Waals surface area contributed by atoms with Crippen LogP contribution in [-0.2, 0) is 0 Å². The summed E-state index contributed by atoms with van der Waals surface area (Å²) in [5.74, 6) is 3.04. The number of nitrogens with zero attached hydrogens (tertiary/aromatic N) is 1. The van der Waals surface area contributed by atoms with Gasteiger partial charge >= 0.3 is 0 Å². The molecule has 0 aromatic carbocycles. The van der Waals surface area contributed by atoms with Crippen molar-refractivity contribution in [3.8, 4) is 0 Å². The largest absolute Gasteiger partial charge is 0.329 e. The third kappa shape index (κ3) is 2.85. The summed E-state index contributed by atoms with van der Waals surface area (Å²) in [5.41, 5.74) is 6.26. The molecule has 0 heterocycles. The van der Waals surface area contributed by atoms with Gasteiger partial charge in [0.2, 0.25) is 0 Å². The van der Waals surface area contributed by atoms with Crippen LogP contribution in [-0.4, -0.2) is 31.1 Å². The van der Waals surface area contributed by atoms with E-state index in [0.29, 0.717) is 11.5 Å². The quantitative estimate of drug-likeness (QED) is 0.816. The molecule has 0 amide bonds. The zero-order valence-corrected chi connectivity index (χ0v) is 12.1. The Kier molecular flexibility index (Phi) is 3.84. The van der Waals surface area contributed by atoms with Gasteiger partial charge in [-0.15, -0.1) is 0 Å². The van der Waals surface area contributed by atoms with Crippen LogP contribution < -0.4 is 5.73 Å². The van der Waals surface area contributed by atoms with Crippen LogP contribution >= 0.6 is 0 Å². The molecule has 2 aliphatic rings. The molecule has 2 fully saturated rings. The monoisotopic (exact) mass is 238 g/mol. The minimum atomic E-state index is 0.293. The van der Waals surface area contributed by atoms with Crippen molar-refractivity contribution in [2.24, 2.45) is 28.9 Å². The second-order valence-electron chi connectivity index (χ2n) is 7.49. The molecule has 2 aliphatic carbocycles. The van der Waals surface area contributed by atoms with Crippen molar-refractivity contribution in [2.75, 3.05) is 20.1 Å². The van der Waals surface area contributed by atoms with E-state index in [1.165, 1.54) is 32.2 Å². The van der Waals surface area contributed by atoms with Gasteiger partial charge < -0.3 is 10.6 Å². The van der Waals surface area contributed by atoms with Gasteiger partial charge in [0.15, 0.2) is 0 Å². The maximum atomic E-state index is 5.97. The van der Waals surface area contributed by atoms with Crippen molar-refractivity contribution < 1.29 is 0 Å². The van der Waals surface area contributed by atoms with Crippen LogP contribution in [0.2, 0.25) is 0 Å². The van der Waals surface area contributed by atoms with E-state index in [9.17, 15) is 0 Å². The number of fused-ring (bicyclic) bond motifs is 2. The highest BCUT2D eigenvalue weighted by molar-refractivity contribution is 4.92. The van der Waals surface area contributed by atoms with E-state index in [4.69, 9.17) is 5.73 Å². The Labute approximate surface area is 107 Å². The first-order valence-electron chi connectivity index (χ1n) is 7.32. The second kappa shape index (κ2) is 4.89. The lowest BCUT2D eigenvalue weighted by atomic mass is 9.83. The number of nitrogens with two attached hydrogens (primary N) is 1. The van der Waals surface area contributed by atoms with Crippen molar-refractivity contribution in [1.29, 1.82) is 0 Å². The zero-order valence-electron chi connectivity index (χ0n) is 12.1. The molecule has 2 heteroatoms. The molecule has 2 N–H and O–H groups in total. The number of hydrogen-bond acceptors (Lipinski definition) is 2. The Morgan fingerprint density at radius 3 is 2.35 bits per heavy atom. The van der Waals surface area contributed by atoms with Gasteiger partial charge in [0.1, 0.15) is 0 Å². The minimum Gasteiger partial charge on any atom is -0.329 e. The summed E-state index contributed by atoms with van der Waals surface area (Å²) in [6.07, 6.45) is 5.99. The Balaban J connectivity index is 1.90. The van der Waals surface area contributed by atoms with Crippen molar-refractivity contribution >= 4 is 0 Å². The standard InChI is InChI=1S/C15H30N2/c1-15(2,3)14(9-16)17(4)10-13-8-11-5-6-12(13)7-11/h11-14H,5-10,16H2,1-4H3. The summed E-state index contributed by atoms with van der Waals surface area (Å²) in [6.45, 7) is 8.96. The molecule has 17 heavy (non-hydrogen) atoms. The maximum absolute atomic E-state index is 5.97. The van der Waals surface area contributed by atoms with E-state index < -0.39 is 0 Å². The van der Waals surface area contributed by atoms with E-state index in [1.54, 1.807) is 0 Å². The van der Waals surface area contributed by atoms with Gasteiger partial charge in [0.25, 0.3) is 0 Å². The summed E-state index contributed by atoms with van der Waals surface area (Å²) in [5, 5.41) is 0. The van der Waals surface area contributed by atoms with E-state index in [2.05, 4.69) is 32.7 Å². The average Bonchev–Trinajstić information content (AvgIpc) is 2.77. The fourth-order valence-electron chi connectivity index (χ4n) is 4.29. The van der Waals surface area contributed by atoms with Gasteiger partial charge in [-0.3, -0.25) is 0 Å². The highest BCUT2D eigenvalue weighted by Gasteiger charge is 2.40. The molecule has 0 saturated heterocycles. The SMILES string of the molecule is CN(CC1CC2CCC1C2)C(CN)C(C)(C)C. The van der Waals surface area contributed by atoms with Gasteiger partial charge in [-0.05, 0) is 49.5 Å². The van der Waals surface area contributed by atoms with Crippen LogP contribution in [0.25, 0.3) is 0 Å². The Bertz CT molecular complexity index is 256. The summed E-state index contributed by atoms with van der Waals surface area (Å²) >= 11 is 0. The van der Waals surface area contributed by atoms with Gasteiger partial charge in [-0.1, -0.05) is 27.2 Å². The average molecular weight is 238 g/mol. The number of hydrogen-bond donors (Lipinski definition) is 1. The topological polar surface area (TPSA) is 29.3 Å². The lowest BCUT2D eigenvalue weighted by Gasteiger charge is -2.39. The molecule has 2 rings (SSSR count). The molecule has 0 aliphatic heterocycles. The third-order valence-corrected chi connectivity index (χ3v) is 5.16. The molecular weight excluding hydrogens is 208 g/mol. The summed E-state index contributed by atoms with van der Waals surface area (Å²) in [6, 6.07) is 0.515. The van der Waals surface area contributed by atoms with Gasteiger partial charge in [-0.2, -0.15) is 0 Å². The molecule has 4 atom stereocenters. The molecule has 2 saturated carbocycles. The van der Waals surface area contributed by atoms with E-state index in [0.717, 1.165) is 24.3 Å². The predicted molar refractivity (Wildman–Crippen MR) is 73.9 cm³/mol. The van der Waals surface area contributed by atoms with E-state index in [-0.39, 0.29) is 0 Å². The minimum absolute atomic E-state index is 0.293. The third-order valence-electron chi connectivity index (χ3n) is 5.16. The molecule has 0 aromatic heterocycles. The number of likely N-dealkylation sites (N-methyl/N-ethyl adjacent to an activating group) is 1. The zero-order chi connectivity index (χ0) is 12.6. The molecule has 2 nitrogen and oxygen atoms in total. The Hall–Kier alpha value is -0.0800. The van der Waals surface area contributed by atoms with Crippen LogP contribution in [0.15, 0.2) is 0 Å². The van der Waals surface area contributed by atoms with Crippen molar-refractivity contribution in [2.45, 2.75) is 52.5 Å². The first-order valence-corrected chi connectivity index (χ1v) is 7.32. The van der Waals surface area contributed by atoms with Gasteiger partial charge in [0, 0.05) is 19.1 Å². The van der Waals surface area contributed by atoms with E-state index in [1.807, 2.05) is 0 Å². The highest BCUT2D eigenvalue weighted by atomic mass is 15.1. The first kappa shape index (κ1) is 13.4. The van der Waals surface area contributed by atoms with Gasteiger partial charge in [0.05, 0.1) is 0 Å². The van der Waals surface area contributed by atoms with E-state index >= 15 is 0 Å². The molecule has 4 unspecified atom stereocenters. The summed E-state index contributed by atoms with van der Waals surface area (Å²) in [4.78, 5) is 2.53.